The maximum absolute atomic E-state index is 12.7. The lowest BCUT2D eigenvalue weighted by Gasteiger charge is -2.16. The van der Waals surface area contributed by atoms with Crippen molar-refractivity contribution in [3.05, 3.63) is 71.4 Å². The fourth-order valence-corrected chi connectivity index (χ4v) is 3.93. The Morgan fingerprint density at radius 1 is 1.14 bits per heavy atom. The summed E-state index contributed by atoms with van der Waals surface area (Å²) in [5.74, 6) is 0.851. The number of halogens is 1. The third kappa shape index (κ3) is 3.59. The first-order valence-electron chi connectivity index (χ1n) is 9.60. The molecular weight excluding hydrogens is 386 g/mol. The van der Waals surface area contributed by atoms with Gasteiger partial charge in [0.25, 0.3) is 5.91 Å². The average Bonchev–Trinajstić information content (AvgIpc) is 3.48. The van der Waals surface area contributed by atoms with Crippen molar-refractivity contribution < 1.29 is 4.79 Å². The van der Waals surface area contributed by atoms with E-state index < -0.39 is 0 Å². The third-order valence-corrected chi connectivity index (χ3v) is 5.63. The molecule has 1 aliphatic rings. The molecule has 5 rings (SSSR count). The van der Waals surface area contributed by atoms with Gasteiger partial charge in [0.05, 0.1) is 5.69 Å². The summed E-state index contributed by atoms with van der Waals surface area (Å²) in [4.78, 5) is 18.0. The summed E-state index contributed by atoms with van der Waals surface area (Å²) >= 11 is 5.96. The summed E-state index contributed by atoms with van der Waals surface area (Å²) in [7, 11) is 0. The van der Waals surface area contributed by atoms with Gasteiger partial charge in [-0.25, -0.2) is 0 Å². The molecule has 1 fully saturated rings. The predicted octanol–water partition coefficient (Wildman–Crippen LogP) is 4.22. The van der Waals surface area contributed by atoms with Gasteiger partial charge >= 0.3 is 0 Å². The number of carbonyl (C=O) groups is 1. The number of hydrogen-bond donors (Lipinski definition) is 3. The maximum Gasteiger partial charge on any atom is 0.251 e. The summed E-state index contributed by atoms with van der Waals surface area (Å²) < 4.78 is 0. The summed E-state index contributed by atoms with van der Waals surface area (Å²) in [5.41, 5.74) is 3.70. The number of hydrogen-bond acceptors (Lipinski definition) is 3. The normalized spacial score (nSPS) is 16.4. The minimum absolute atomic E-state index is 0.0381. The van der Waals surface area contributed by atoms with Crippen LogP contribution < -0.4 is 10.2 Å². The number of H-pyrrole nitrogens is 2. The van der Waals surface area contributed by atoms with Crippen LogP contribution in [-0.4, -0.2) is 40.2 Å². The molecule has 0 radical (unpaired) electrons. The van der Waals surface area contributed by atoms with Crippen LogP contribution in [0.25, 0.3) is 22.2 Å². The van der Waals surface area contributed by atoms with Gasteiger partial charge in [-0.15, -0.1) is 0 Å². The zero-order chi connectivity index (χ0) is 19.8. The van der Waals surface area contributed by atoms with Crippen LogP contribution in [0.3, 0.4) is 0 Å². The molecule has 29 heavy (non-hydrogen) atoms. The molecule has 1 atom stereocenters. The number of aromatic amines is 2. The first kappa shape index (κ1) is 17.8. The summed E-state index contributed by atoms with van der Waals surface area (Å²) in [6.45, 7) is 1.59. The molecule has 0 bridgehead atoms. The molecule has 1 amide bonds. The topological polar surface area (TPSA) is 76.8 Å². The van der Waals surface area contributed by atoms with E-state index >= 15 is 0 Å². The van der Waals surface area contributed by atoms with E-state index in [0.29, 0.717) is 10.6 Å². The van der Waals surface area contributed by atoms with E-state index in [2.05, 4.69) is 25.4 Å². The second-order valence-electron chi connectivity index (χ2n) is 7.33. The molecule has 4 aromatic rings. The van der Waals surface area contributed by atoms with Crippen LogP contribution in [0.1, 0.15) is 16.8 Å². The molecule has 3 heterocycles. The van der Waals surface area contributed by atoms with Crippen LogP contribution in [0.5, 0.6) is 0 Å². The van der Waals surface area contributed by atoms with Crippen LogP contribution in [0.2, 0.25) is 5.02 Å². The minimum Gasteiger partial charge on any atom is -0.361 e. The molecule has 6 nitrogen and oxygen atoms in total. The highest BCUT2D eigenvalue weighted by Crippen LogP contribution is 2.25. The molecule has 1 aliphatic heterocycles. The highest BCUT2D eigenvalue weighted by molar-refractivity contribution is 6.30. The fraction of sp³-hybridized carbons (Fsp3) is 0.182. The average molecular weight is 406 g/mol. The van der Waals surface area contributed by atoms with Crippen molar-refractivity contribution in [1.29, 1.82) is 0 Å². The Morgan fingerprint density at radius 3 is 2.86 bits per heavy atom. The Labute approximate surface area is 172 Å². The maximum atomic E-state index is 12.7. The van der Waals surface area contributed by atoms with Crippen molar-refractivity contribution in [2.75, 3.05) is 18.0 Å². The van der Waals surface area contributed by atoms with Crippen LogP contribution >= 0.6 is 11.6 Å². The van der Waals surface area contributed by atoms with Gasteiger partial charge in [-0.2, -0.15) is 5.10 Å². The van der Waals surface area contributed by atoms with E-state index in [1.807, 2.05) is 60.8 Å². The Bertz CT molecular complexity index is 1160. The number of nitrogens with zero attached hydrogens (tertiary/aromatic N) is 2. The van der Waals surface area contributed by atoms with Crippen molar-refractivity contribution in [2.45, 2.75) is 12.5 Å². The number of rotatable bonds is 4. The zero-order valence-electron chi connectivity index (χ0n) is 15.7. The highest BCUT2D eigenvalue weighted by atomic mass is 35.5. The molecule has 0 aliphatic carbocycles. The standard InChI is InChI=1S/C22H20ClN5O/c23-17-4-1-14(2-5-17)20-12-21(27-26-20)28-10-8-18(13-28)25-22(29)16-3-6-19-15(11-16)7-9-24-19/h1-7,9,11-12,18,24H,8,10,13H2,(H,25,29)(H,26,27). The van der Waals surface area contributed by atoms with E-state index in [1.54, 1.807) is 0 Å². The van der Waals surface area contributed by atoms with Crippen LogP contribution in [0.15, 0.2) is 60.8 Å². The van der Waals surface area contributed by atoms with E-state index in [4.69, 9.17) is 11.6 Å². The lowest BCUT2D eigenvalue weighted by Crippen LogP contribution is -2.37. The van der Waals surface area contributed by atoms with E-state index in [9.17, 15) is 4.79 Å². The van der Waals surface area contributed by atoms with Gasteiger partial charge < -0.3 is 15.2 Å². The molecule has 146 valence electrons. The Morgan fingerprint density at radius 2 is 2.00 bits per heavy atom. The third-order valence-electron chi connectivity index (χ3n) is 5.38. The first-order chi connectivity index (χ1) is 14.2. The largest absolute Gasteiger partial charge is 0.361 e. The number of aromatic nitrogens is 3. The SMILES string of the molecule is O=C(NC1CCN(c2cc(-c3ccc(Cl)cc3)[nH]n2)C1)c1ccc2[nH]ccc2c1. The molecule has 0 saturated carbocycles. The monoisotopic (exact) mass is 405 g/mol. The molecule has 3 N–H and O–H groups in total. The molecule has 7 heteroatoms. The lowest BCUT2D eigenvalue weighted by atomic mass is 10.1. The summed E-state index contributed by atoms with van der Waals surface area (Å²) in [6, 6.07) is 17.5. The van der Waals surface area contributed by atoms with Gasteiger partial charge in [0.2, 0.25) is 0 Å². The number of nitrogens with one attached hydrogen (secondary N) is 3. The molecular formula is C22H20ClN5O. The number of anilines is 1. The second-order valence-corrected chi connectivity index (χ2v) is 7.77. The summed E-state index contributed by atoms with van der Waals surface area (Å²) in [5, 5.41) is 12.4. The Balaban J connectivity index is 1.24. The Kier molecular flexibility index (Phi) is 4.48. The number of benzene rings is 2. The molecule has 1 saturated heterocycles. The quantitative estimate of drug-likeness (QED) is 0.475. The van der Waals surface area contributed by atoms with Crippen molar-refractivity contribution in [3.8, 4) is 11.3 Å². The number of amides is 1. The van der Waals surface area contributed by atoms with Crippen molar-refractivity contribution in [3.63, 3.8) is 0 Å². The van der Waals surface area contributed by atoms with E-state index in [-0.39, 0.29) is 11.9 Å². The van der Waals surface area contributed by atoms with E-state index in [0.717, 1.165) is 47.5 Å². The molecule has 1 unspecified atom stereocenters. The van der Waals surface area contributed by atoms with Crippen LogP contribution in [0, 0.1) is 0 Å². The predicted molar refractivity (Wildman–Crippen MR) is 115 cm³/mol. The van der Waals surface area contributed by atoms with Gasteiger partial charge in [0.1, 0.15) is 0 Å². The highest BCUT2D eigenvalue weighted by Gasteiger charge is 2.26. The smallest absolute Gasteiger partial charge is 0.251 e. The van der Waals surface area contributed by atoms with Crippen LogP contribution in [0.4, 0.5) is 5.82 Å². The first-order valence-corrected chi connectivity index (χ1v) is 9.98. The summed E-state index contributed by atoms with van der Waals surface area (Å²) in [6.07, 6.45) is 2.77. The molecule has 2 aromatic heterocycles. The lowest BCUT2D eigenvalue weighted by molar-refractivity contribution is 0.0940. The molecule has 2 aromatic carbocycles. The van der Waals surface area contributed by atoms with Crippen molar-refractivity contribution in [2.24, 2.45) is 0 Å². The minimum atomic E-state index is -0.0381. The molecule has 0 spiro atoms. The van der Waals surface area contributed by atoms with Gasteiger partial charge in [-0.1, -0.05) is 23.7 Å². The Hall–Kier alpha value is -3.25. The van der Waals surface area contributed by atoms with Crippen molar-refractivity contribution >= 4 is 34.2 Å². The fourth-order valence-electron chi connectivity index (χ4n) is 3.80. The van der Waals surface area contributed by atoms with Crippen molar-refractivity contribution in [1.82, 2.24) is 20.5 Å². The van der Waals surface area contributed by atoms with Gasteiger partial charge in [0, 0.05) is 52.9 Å². The number of fused-ring (bicyclic) bond motifs is 1. The second kappa shape index (κ2) is 7.29. The van der Waals surface area contributed by atoms with Gasteiger partial charge in [-0.3, -0.25) is 9.89 Å². The van der Waals surface area contributed by atoms with Gasteiger partial charge in [0.15, 0.2) is 5.82 Å². The van der Waals surface area contributed by atoms with E-state index in [1.165, 1.54) is 0 Å². The van der Waals surface area contributed by atoms with Gasteiger partial charge in [-0.05, 0) is 48.4 Å². The van der Waals surface area contributed by atoms with Crippen LogP contribution in [-0.2, 0) is 0 Å². The zero-order valence-corrected chi connectivity index (χ0v) is 16.4. The number of carbonyl (C=O) groups excluding carboxylic acids is 1.